The monoisotopic (exact) mass is 299 g/mol. The lowest BCUT2D eigenvalue weighted by Gasteiger charge is -2.29. The van der Waals surface area contributed by atoms with E-state index in [9.17, 15) is 9.90 Å². The van der Waals surface area contributed by atoms with E-state index in [4.69, 9.17) is 4.74 Å². The number of anilines is 1. The first-order chi connectivity index (χ1) is 10.6. The van der Waals surface area contributed by atoms with Crippen LogP contribution < -0.4 is 9.64 Å². The molecule has 4 heteroatoms. The second-order valence-corrected chi connectivity index (χ2v) is 5.09. The zero-order valence-electron chi connectivity index (χ0n) is 12.9. The molecule has 1 atom stereocenters. The molecule has 116 valence electrons. The molecule has 0 aliphatic rings. The number of rotatable bonds is 7. The fourth-order valence-electron chi connectivity index (χ4n) is 2.29. The molecule has 22 heavy (non-hydrogen) atoms. The van der Waals surface area contributed by atoms with E-state index in [1.807, 2.05) is 66.4 Å². The van der Waals surface area contributed by atoms with E-state index in [0.29, 0.717) is 12.3 Å². The Bertz CT molecular complexity index is 613. The van der Waals surface area contributed by atoms with E-state index < -0.39 is 12.0 Å². The summed E-state index contributed by atoms with van der Waals surface area (Å²) >= 11 is 0. The summed E-state index contributed by atoms with van der Waals surface area (Å²) in [5.41, 5.74) is 0.795. The van der Waals surface area contributed by atoms with Crippen molar-refractivity contribution in [1.29, 1.82) is 0 Å². The normalized spacial score (nSPS) is 11.7. The minimum Gasteiger partial charge on any atom is -0.480 e. The topological polar surface area (TPSA) is 49.8 Å². The second-order valence-electron chi connectivity index (χ2n) is 5.09. The number of nitrogens with zero attached hydrogens (tertiary/aromatic N) is 1. The zero-order chi connectivity index (χ0) is 15.9. The molecule has 0 saturated heterocycles. The van der Waals surface area contributed by atoms with Gasteiger partial charge in [0, 0.05) is 6.54 Å². The summed E-state index contributed by atoms with van der Waals surface area (Å²) in [5.74, 6) is 0.549. The van der Waals surface area contributed by atoms with Gasteiger partial charge in [0.15, 0.2) is 5.75 Å². The maximum absolute atomic E-state index is 11.4. The summed E-state index contributed by atoms with van der Waals surface area (Å²) in [4.78, 5) is 13.2. The Labute approximate surface area is 131 Å². The standard InChI is InChI=1S/C18H21NO3/c1-3-13-19(14(2)18(20)21)16-11-7-8-12-17(16)22-15-9-5-4-6-10-15/h4-12,14H,3,13H2,1-2H3,(H,20,21)/t14-/m1/s1. The van der Waals surface area contributed by atoms with Crippen LogP contribution in [0.2, 0.25) is 0 Å². The van der Waals surface area contributed by atoms with Crippen LogP contribution in [0.5, 0.6) is 11.5 Å². The molecule has 0 aromatic heterocycles. The van der Waals surface area contributed by atoms with Crippen LogP contribution in [0.15, 0.2) is 54.6 Å². The van der Waals surface area contributed by atoms with Crippen LogP contribution in [-0.2, 0) is 4.79 Å². The van der Waals surface area contributed by atoms with E-state index in [1.54, 1.807) is 6.92 Å². The Hall–Kier alpha value is -2.49. The average Bonchev–Trinajstić information content (AvgIpc) is 2.54. The van der Waals surface area contributed by atoms with Gasteiger partial charge in [0.2, 0.25) is 0 Å². The van der Waals surface area contributed by atoms with Crippen LogP contribution in [0, 0.1) is 0 Å². The Morgan fingerprint density at radius 1 is 1.14 bits per heavy atom. The van der Waals surface area contributed by atoms with Gasteiger partial charge < -0.3 is 14.7 Å². The van der Waals surface area contributed by atoms with Gasteiger partial charge in [-0.05, 0) is 37.6 Å². The highest BCUT2D eigenvalue weighted by atomic mass is 16.5. The number of carboxylic acid groups (broad SMARTS) is 1. The molecule has 0 aliphatic heterocycles. The highest BCUT2D eigenvalue weighted by Gasteiger charge is 2.23. The van der Waals surface area contributed by atoms with E-state index in [1.165, 1.54) is 0 Å². The fourth-order valence-corrected chi connectivity index (χ4v) is 2.29. The molecule has 0 amide bonds. The van der Waals surface area contributed by atoms with Gasteiger partial charge >= 0.3 is 5.97 Å². The van der Waals surface area contributed by atoms with Gasteiger partial charge in [0.05, 0.1) is 5.69 Å². The molecular weight excluding hydrogens is 278 g/mol. The smallest absolute Gasteiger partial charge is 0.326 e. The number of carbonyl (C=O) groups is 1. The first-order valence-corrected chi connectivity index (χ1v) is 7.45. The SMILES string of the molecule is CCCN(c1ccccc1Oc1ccccc1)[C@H](C)C(=O)O. The van der Waals surface area contributed by atoms with E-state index in [2.05, 4.69) is 0 Å². The predicted molar refractivity (Wildman–Crippen MR) is 87.7 cm³/mol. The summed E-state index contributed by atoms with van der Waals surface area (Å²) in [6.07, 6.45) is 0.858. The number of para-hydroxylation sites is 3. The number of aliphatic carboxylic acids is 1. The van der Waals surface area contributed by atoms with Gasteiger partial charge in [-0.1, -0.05) is 37.3 Å². The number of carboxylic acids is 1. The molecule has 0 saturated carbocycles. The minimum absolute atomic E-state index is 0.611. The quantitative estimate of drug-likeness (QED) is 0.833. The highest BCUT2D eigenvalue weighted by Crippen LogP contribution is 2.33. The number of benzene rings is 2. The van der Waals surface area contributed by atoms with Crippen molar-refractivity contribution in [3.8, 4) is 11.5 Å². The third-order valence-electron chi connectivity index (χ3n) is 3.44. The molecule has 1 N–H and O–H groups in total. The molecular formula is C18H21NO3. The Morgan fingerprint density at radius 2 is 1.77 bits per heavy atom. The molecule has 0 radical (unpaired) electrons. The summed E-state index contributed by atoms with van der Waals surface area (Å²) in [5, 5.41) is 9.34. The van der Waals surface area contributed by atoms with Crippen LogP contribution >= 0.6 is 0 Å². The third-order valence-corrected chi connectivity index (χ3v) is 3.44. The lowest BCUT2D eigenvalue weighted by atomic mass is 10.2. The van der Waals surface area contributed by atoms with Crippen molar-refractivity contribution in [2.45, 2.75) is 26.3 Å². The fraction of sp³-hybridized carbons (Fsp3) is 0.278. The zero-order valence-corrected chi connectivity index (χ0v) is 12.9. The number of hydrogen-bond donors (Lipinski definition) is 1. The summed E-state index contributed by atoms with van der Waals surface area (Å²) in [7, 11) is 0. The summed E-state index contributed by atoms with van der Waals surface area (Å²) in [6.45, 7) is 4.38. The highest BCUT2D eigenvalue weighted by molar-refractivity contribution is 5.79. The van der Waals surface area contributed by atoms with Crippen molar-refractivity contribution in [1.82, 2.24) is 0 Å². The second kappa shape index (κ2) is 7.50. The molecule has 2 rings (SSSR count). The Morgan fingerprint density at radius 3 is 2.41 bits per heavy atom. The van der Waals surface area contributed by atoms with E-state index in [-0.39, 0.29) is 0 Å². The summed E-state index contributed by atoms with van der Waals surface area (Å²) < 4.78 is 5.93. The lowest BCUT2D eigenvalue weighted by Crippen LogP contribution is -2.39. The van der Waals surface area contributed by atoms with Crippen molar-refractivity contribution < 1.29 is 14.6 Å². The summed E-state index contributed by atoms with van der Waals surface area (Å²) in [6, 6.07) is 16.4. The Kier molecular flexibility index (Phi) is 5.42. The van der Waals surface area contributed by atoms with Gasteiger partial charge in [0.25, 0.3) is 0 Å². The van der Waals surface area contributed by atoms with E-state index >= 15 is 0 Å². The van der Waals surface area contributed by atoms with Gasteiger partial charge in [-0.15, -0.1) is 0 Å². The molecule has 4 nitrogen and oxygen atoms in total. The third kappa shape index (κ3) is 3.79. The van der Waals surface area contributed by atoms with Crippen LogP contribution in [0.3, 0.4) is 0 Å². The van der Waals surface area contributed by atoms with Crippen molar-refractivity contribution in [2.75, 3.05) is 11.4 Å². The lowest BCUT2D eigenvalue weighted by molar-refractivity contribution is -0.138. The number of hydrogen-bond acceptors (Lipinski definition) is 3. The minimum atomic E-state index is -0.844. The molecule has 0 heterocycles. The molecule has 0 aliphatic carbocycles. The largest absolute Gasteiger partial charge is 0.480 e. The molecule has 0 spiro atoms. The van der Waals surface area contributed by atoms with Crippen LogP contribution in [0.4, 0.5) is 5.69 Å². The van der Waals surface area contributed by atoms with Gasteiger partial charge in [-0.25, -0.2) is 4.79 Å². The molecule has 2 aromatic rings. The first kappa shape index (κ1) is 15.9. The van der Waals surface area contributed by atoms with Crippen LogP contribution in [0.1, 0.15) is 20.3 Å². The van der Waals surface area contributed by atoms with Crippen molar-refractivity contribution in [3.05, 3.63) is 54.6 Å². The van der Waals surface area contributed by atoms with Crippen molar-refractivity contribution in [3.63, 3.8) is 0 Å². The van der Waals surface area contributed by atoms with Crippen molar-refractivity contribution >= 4 is 11.7 Å². The predicted octanol–water partition coefficient (Wildman–Crippen LogP) is 4.17. The molecule has 0 bridgehead atoms. The van der Waals surface area contributed by atoms with Crippen LogP contribution in [-0.4, -0.2) is 23.7 Å². The molecule has 0 fully saturated rings. The molecule has 0 unspecified atom stereocenters. The van der Waals surface area contributed by atoms with Gasteiger partial charge in [-0.3, -0.25) is 0 Å². The number of ether oxygens (including phenoxy) is 1. The Balaban J connectivity index is 2.34. The van der Waals surface area contributed by atoms with Gasteiger partial charge in [-0.2, -0.15) is 0 Å². The first-order valence-electron chi connectivity index (χ1n) is 7.45. The average molecular weight is 299 g/mol. The van der Waals surface area contributed by atoms with Crippen molar-refractivity contribution in [2.24, 2.45) is 0 Å². The van der Waals surface area contributed by atoms with Gasteiger partial charge in [0.1, 0.15) is 11.8 Å². The van der Waals surface area contributed by atoms with Crippen LogP contribution in [0.25, 0.3) is 0 Å². The maximum Gasteiger partial charge on any atom is 0.326 e. The van der Waals surface area contributed by atoms with E-state index in [0.717, 1.165) is 17.9 Å². The maximum atomic E-state index is 11.4. The molecule has 2 aromatic carbocycles.